The highest BCUT2D eigenvalue weighted by atomic mass is 16.5. The molecular formula is C24H36N4O3. The fourth-order valence-corrected chi connectivity index (χ4v) is 3.62. The summed E-state index contributed by atoms with van der Waals surface area (Å²) in [6.07, 6.45) is 3.99. The van der Waals surface area contributed by atoms with Gasteiger partial charge in [0, 0.05) is 38.3 Å². The zero-order valence-corrected chi connectivity index (χ0v) is 19.1. The highest BCUT2D eigenvalue weighted by molar-refractivity contribution is 5.79. The molecule has 7 nitrogen and oxygen atoms in total. The maximum Gasteiger partial charge on any atom is 0.191 e. The summed E-state index contributed by atoms with van der Waals surface area (Å²) in [5, 5.41) is 10.9. The van der Waals surface area contributed by atoms with E-state index in [-0.39, 0.29) is 0 Å². The number of aromatic nitrogens is 1. The lowest BCUT2D eigenvalue weighted by Crippen LogP contribution is -2.37. The Labute approximate surface area is 185 Å². The summed E-state index contributed by atoms with van der Waals surface area (Å²) in [6, 6.07) is 8.51. The van der Waals surface area contributed by atoms with Crippen molar-refractivity contribution in [3.63, 3.8) is 0 Å². The Hall–Kier alpha value is -2.38. The SMILES string of the molecule is CCNC(=NCc1ccc(COC2CCOCC2)cc1)NCc1c(CC)noc1CC. The lowest BCUT2D eigenvalue weighted by atomic mass is 10.1. The van der Waals surface area contributed by atoms with Crippen LogP contribution in [0.2, 0.25) is 0 Å². The molecule has 0 saturated carbocycles. The molecule has 2 aromatic rings. The summed E-state index contributed by atoms with van der Waals surface area (Å²) >= 11 is 0. The van der Waals surface area contributed by atoms with Gasteiger partial charge in [0.25, 0.3) is 0 Å². The molecule has 1 fully saturated rings. The van der Waals surface area contributed by atoms with Crippen LogP contribution in [0.5, 0.6) is 0 Å². The summed E-state index contributed by atoms with van der Waals surface area (Å²) in [5.41, 5.74) is 4.51. The van der Waals surface area contributed by atoms with Gasteiger partial charge in [-0.25, -0.2) is 4.99 Å². The molecule has 1 aliphatic heterocycles. The van der Waals surface area contributed by atoms with Gasteiger partial charge < -0.3 is 24.6 Å². The van der Waals surface area contributed by atoms with Gasteiger partial charge in [-0.1, -0.05) is 43.3 Å². The Kier molecular flexibility index (Phi) is 9.37. The number of benzene rings is 1. The molecule has 0 bridgehead atoms. The van der Waals surface area contributed by atoms with Crippen LogP contribution in [0.1, 0.15) is 61.8 Å². The van der Waals surface area contributed by atoms with E-state index in [1.807, 2.05) is 0 Å². The second-order valence-corrected chi connectivity index (χ2v) is 7.73. The largest absolute Gasteiger partial charge is 0.381 e. The maximum atomic E-state index is 6.00. The number of guanidine groups is 1. The lowest BCUT2D eigenvalue weighted by Gasteiger charge is -2.22. The van der Waals surface area contributed by atoms with Gasteiger partial charge in [0.1, 0.15) is 5.76 Å². The molecule has 0 amide bonds. The van der Waals surface area contributed by atoms with Gasteiger partial charge >= 0.3 is 0 Å². The fraction of sp³-hybridized carbons (Fsp3) is 0.583. The third-order valence-electron chi connectivity index (χ3n) is 5.48. The minimum atomic E-state index is 0.318. The fourth-order valence-electron chi connectivity index (χ4n) is 3.62. The van der Waals surface area contributed by atoms with Crippen LogP contribution in [0, 0.1) is 0 Å². The van der Waals surface area contributed by atoms with E-state index in [9.17, 15) is 0 Å². The van der Waals surface area contributed by atoms with Crippen LogP contribution < -0.4 is 10.6 Å². The number of rotatable bonds is 10. The molecule has 0 spiro atoms. The van der Waals surface area contributed by atoms with Crippen LogP contribution in [0.15, 0.2) is 33.8 Å². The van der Waals surface area contributed by atoms with Gasteiger partial charge in [0.2, 0.25) is 0 Å². The predicted octanol–water partition coefficient (Wildman–Crippen LogP) is 3.75. The summed E-state index contributed by atoms with van der Waals surface area (Å²) in [5.74, 6) is 1.73. The number of aliphatic imine (C=N–C) groups is 1. The third-order valence-corrected chi connectivity index (χ3v) is 5.48. The topological polar surface area (TPSA) is 80.9 Å². The smallest absolute Gasteiger partial charge is 0.191 e. The van der Waals surface area contributed by atoms with Crippen molar-refractivity contribution in [2.45, 2.75) is 72.3 Å². The number of hydrogen-bond donors (Lipinski definition) is 2. The number of nitrogens with one attached hydrogen (secondary N) is 2. The van der Waals surface area contributed by atoms with Gasteiger partial charge in [-0.3, -0.25) is 0 Å². The van der Waals surface area contributed by atoms with E-state index in [0.29, 0.717) is 25.8 Å². The molecule has 1 aromatic carbocycles. The highest BCUT2D eigenvalue weighted by Gasteiger charge is 2.14. The summed E-state index contributed by atoms with van der Waals surface area (Å²) in [4.78, 5) is 4.74. The van der Waals surface area contributed by atoms with Gasteiger partial charge in [0.05, 0.1) is 24.9 Å². The zero-order valence-electron chi connectivity index (χ0n) is 19.1. The van der Waals surface area contributed by atoms with E-state index < -0.39 is 0 Å². The number of nitrogens with zero attached hydrogens (tertiary/aromatic N) is 2. The van der Waals surface area contributed by atoms with Crippen LogP contribution in [0.4, 0.5) is 0 Å². The average Bonchev–Trinajstić information content (AvgIpc) is 3.23. The molecule has 7 heteroatoms. The molecule has 0 atom stereocenters. The average molecular weight is 429 g/mol. The molecular weight excluding hydrogens is 392 g/mol. The molecule has 3 rings (SSSR count). The van der Waals surface area contributed by atoms with Gasteiger partial charge in [0.15, 0.2) is 5.96 Å². The Morgan fingerprint density at radius 3 is 2.48 bits per heavy atom. The van der Waals surface area contributed by atoms with E-state index in [2.05, 4.69) is 60.8 Å². The van der Waals surface area contributed by atoms with Crippen LogP contribution in [0.3, 0.4) is 0 Å². The minimum Gasteiger partial charge on any atom is -0.381 e. The van der Waals surface area contributed by atoms with Crippen molar-refractivity contribution in [1.82, 2.24) is 15.8 Å². The van der Waals surface area contributed by atoms with Crippen LogP contribution >= 0.6 is 0 Å². The van der Waals surface area contributed by atoms with Gasteiger partial charge in [-0.05, 0) is 37.3 Å². The van der Waals surface area contributed by atoms with Crippen molar-refractivity contribution in [1.29, 1.82) is 0 Å². The van der Waals surface area contributed by atoms with Crippen LogP contribution in [-0.4, -0.2) is 37.0 Å². The first-order valence-corrected chi connectivity index (χ1v) is 11.5. The molecule has 0 radical (unpaired) electrons. The van der Waals surface area contributed by atoms with Crippen molar-refractivity contribution in [3.05, 3.63) is 52.4 Å². The third kappa shape index (κ3) is 7.08. The van der Waals surface area contributed by atoms with E-state index in [1.54, 1.807) is 0 Å². The quantitative estimate of drug-likeness (QED) is 0.443. The first-order chi connectivity index (χ1) is 15.2. The monoisotopic (exact) mass is 428 g/mol. The standard InChI is InChI=1S/C24H36N4O3/c1-4-22-21(23(5-2)31-28-22)16-27-24(25-6-3)26-15-18-7-9-19(10-8-18)17-30-20-11-13-29-14-12-20/h7-10,20H,4-6,11-17H2,1-3H3,(H2,25,26,27). The molecule has 31 heavy (non-hydrogen) atoms. The summed E-state index contributed by atoms with van der Waals surface area (Å²) in [6.45, 7) is 10.6. The molecule has 1 saturated heterocycles. The molecule has 1 aromatic heterocycles. The van der Waals surface area contributed by atoms with Crippen molar-refractivity contribution < 1.29 is 14.0 Å². The number of aryl methyl sites for hydroxylation is 2. The first kappa shape index (κ1) is 23.3. The molecule has 170 valence electrons. The van der Waals surface area contributed by atoms with Crippen molar-refractivity contribution in [2.75, 3.05) is 19.8 Å². The van der Waals surface area contributed by atoms with Crippen molar-refractivity contribution in [2.24, 2.45) is 4.99 Å². The first-order valence-electron chi connectivity index (χ1n) is 11.5. The molecule has 1 aliphatic rings. The van der Waals surface area contributed by atoms with Gasteiger partial charge in [-0.15, -0.1) is 0 Å². The second-order valence-electron chi connectivity index (χ2n) is 7.73. The van der Waals surface area contributed by atoms with E-state index in [1.165, 1.54) is 11.1 Å². The molecule has 0 aliphatic carbocycles. The maximum absolute atomic E-state index is 6.00. The minimum absolute atomic E-state index is 0.318. The van der Waals surface area contributed by atoms with E-state index in [0.717, 1.165) is 68.4 Å². The van der Waals surface area contributed by atoms with Gasteiger partial charge in [-0.2, -0.15) is 0 Å². The highest BCUT2D eigenvalue weighted by Crippen LogP contribution is 2.16. The number of ether oxygens (including phenoxy) is 2. The predicted molar refractivity (Wildman–Crippen MR) is 122 cm³/mol. The van der Waals surface area contributed by atoms with E-state index in [4.69, 9.17) is 19.0 Å². The Bertz CT molecular complexity index is 789. The summed E-state index contributed by atoms with van der Waals surface area (Å²) < 4.78 is 16.8. The molecule has 0 unspecified atom stereocenters. The Balaban J connectivity index is 1.53. The molecule has 2 heterocycles. The van der Waals surface area contributed by atoms with E-state index >= 15 is 0 Å². The lowest BCUT2D eigenvalue weighted by molar-refractivity contribution is -0.0390. The zero-order chi connectivity index (χ0) is 21.9. The van der Waals surface area contributed by atoms with Crippen LogP contribution in [-0.2, 0) is 42.0 Å². The van der Waals surface area contributed by atoms with Crippen LogP contribution in [0.25, 0.3) is 0 Å². The summed E-state index contributed by atoms with van der Waals surface area (Å²) in [7, 11) is 0. The van der Waals surface area contributed by atoms with Crippen molar-refractivity contribution in [3.8, 4) is 0 Å². The second kappa shape index (κ2) is 12.5. The van der Waals surface area contributed by atoms with Crippen molar-refractivity contribution >= 4 is 5.96 Å². The Morgan fingerprint density at radius 2 is 1.81 bits per heavy atom. The normalized spacial score (nSPS) is 15.3. The number of hydrogen-bond acceptors (Lipinski definition) is 5. The Morgan fingerprint density at radius 1 is 1.06 bits per heavy atom. The molecule has 2 N–H and O–H groups in total.